The highest BCUT2D eigenvalue weighted by Gasteiger charge is 2.14. The molecule has 23 heavy (non-hydrogen) atoms. The fraction of sp³-hybridized carbons (Fsp3) is 0.471. The van der Waals surface area contributed by atoms with Crippen molar-refractivity contribution in [2.45, 2.75) is 42.9 Å². The zero-order valence-electron chi connectivity index (χ0n) is 13.3. The van der Waals surface area contributed by atoms with Crippen LogP contribution >= 0.6 is 46.7 Å². The second-order valence-electron chi connectivity index (χ2n) is 5.36. The normalized spacial score (nSPS) is 12.5. The molecule has 1 unspecified atom stereocenters. The molecule has 6 heteroatoms. The first kappa shape index (κ1) is 19.0. The zero-order valence-corrected chi connectivity index (χ0v) is 16.4. The molecule has 0 aliphatic carbocycles. The summed E-state index contributed by atoms with van der Waals surface area (Å²) in [6.45, 7) is 3.18. The van der Waals surface area contributed by atoms with Gasteiger partial charge in [0, 0.05) is 39.9 Å². The van der Waals surface area contributed by atoms with E-state index < -0.39 is 0 Å². The summed E-state index contributed by atoms with van der Waals surface area (Å²) in [5.41, 5.74) is 0. The monoisotopic (exact) mass is 388 g/mol. The molecule has 2 nitrogen and oxygen atoms in total. The average molecular weight is 389 g/mol. The van der Waals surface area contributed by atoms with Crippen molar-refractivity contribution in [1.82, 2.24) is 9.55 Å². The maximum Gasteiger partial charge on any atom is 0.0946 e. The minimum absolute atomic E-state index is 0.453. The van der Waals surface area contributed by atoms with Crippen LogP contribution in [0.2, 0.25) is 10.0 Å². The van der Waals surface area contributed by atoms with Gasteiger partial charge in [0.25, 0.3) is 0 Å². The van der Waals surface area contributed by atoms with Crippen LogP contribution in [0.4, 0.5) is 0 Å². The number of imidazole rings is 1. The Kier molecular flexibility index (Phi) is 8.73. The number of rotatable bonds is 10. The van der Waals surface area contributed by atoms with Crippen LogP contribution in [0, 0.1) is 0 Å². The number of thioether (sulfide) groups is 2. The zero-order chi connectivity index (χ0) is 16.5. The summed E-state index contributed by atoms with van der Waals surface area (Å²) in [4.78, 5) is 5.23. The van der Waals surface area contributed by atoms with E-state index in [0.29, 0.717) is 10.3 Å². The third-order valence-electron chi connectivity index (χ3n) is 3.36. The van der Waals surface area contributed by atoms with Gasteiger partial charge in [-0.15, -0.1) is 11.8 Å². The Balaban J connectivity index is 1.94. The largest absolute Gasteiger partial charge is 0.336 e. The number of hydrogen-bond acceptors (Lipinski definition) is 3. The second kappa shape index (κ2) is 10.5. The number of benzene rings is 1. The lowest BCUT2D eigenvalue weighted by atomic mass is 10.3. The van der Waals surface area contributed by atoms with Crippen LogP contribution in [-0.2, 0) is 6.54 Å². The van der Waals surface area contributed by atoms with Gasteiger partial charge in [-0.25, -0.2) is 4.98 Å². The average Bonchev–Trinajstić information content (AvgIpc) is 3.02. The highest BCUT2D eigenvalue weighted by molar-refractivity contribution is 8.03. The van der Waals surface area contributed by atoms with E-state index in [9.17, 15) is 0 Å². The minimum Gasteiger partial charge on any atom is -0.336 e. The standard InChI is InChI=1S/C17H22Cl2N2S2/c1-2-3-4-9-22-12-15(11-21-8-7-20-13-21)23-17-6-5-14(18)10-16(17)19/h5-8,10,13,15H,2-4,9,11-12H2,1H3. The summed E-state index contributed by atoms with van der Waals surface area (Å²) in [5, 5.41) is 1.86. The molecule has 0 amide bonds. The highest BCUT2D eigenvalue weighted by Crippen LogP contribution is 2.34. The molecule has 0 spiro atoms. The van der Waals surface area contributed by atoms with Gasteiger partial charge < -0.3 is 4.57 Å². The molecule has 2 aromatic rings. The van der Waals surface area contributed by atoms with Gasteiger partial charge in [0.15, 0.2) is 0 Å². The Hall–Kier alpha value is -0.290. The van der Waals surface area contributed by atoms with E-state index in [2.05, 4.69) is 16.5 Å². The fourth-order valence-corrected chi connectivity index (χ4v) is 5.14. The first-order chi connectivity index (χ1) is 11.2. The molecule has 126 valence electrons. The van der Waals surface area contributed by atoms with E-state index >= 15 is 0 Å². The van der Waals surface area contributed by atoms with E-state index in [4.69, 9.17) is 23.2 Å². The molecule has 1 aromatic carbocycles. The van der Waals surface area contributed by atoms with Crippen LogP contribution in [0.15, 0.2) is 41.8 Å². The predicted octanol–water partition coefficient (Wildman–Crippen LogP) is 6.27. The first-order valence-electron chi connectivity index (χ1n) is 7.84. The minimum atomic E-state index is 0.453. The van der Waals surface area contributed by atoms with Crippen molar-refractivity contribution in [1.29, 1.82) is 0 Å². The second-order valence-corrected chi connectivity index (χ2v) is 8.69. The summed E-state index contributed by atoms with van der Waals surface area (Å²) in [6.07, 6.45) is 9.60. The van der Waals surface area contributed by atoms with Crippen LogP contribution in [0.5, 0.6) is 0 Å². The number of aromatic nitrogens is 2. The topological polar surface area (TPSA) is 17.8 Å². The van der Waals surface area contributed by atoms with Crippen molar-refractivity contribution in [3.05, 3.63) is 47.0 Å². The van der Waals surface area contributed by atoms with E-state index in [0.717, 1.165) is 22.2 Å². The molecule has 1 heterocycles. The van der Waals surface area contributed by atoms with E-state index in [-0.39, 0.29) is 0 Å². The first-order valence-corrected chi connectivity index (χ1v) is 10.6. The molecule has 0 N–H and O–H groups in total. The van der Waals surface area contributed by atoms with E-state index in [1.807, 2.05) is 60.4 Å². The molecule has 1 atom stereocenters. The highest BCUT2D eigenvalue weighted by atomic mass is 35.5. The molecule has 0 aliphatic heterocycles. The number of nitrogens with zero attached hydrogens (tertiary/aromatic N) is 2. The molecule has 1 aromatic heterocycles. The third-order valence-corrected chi connectivity index (χ3v) is 6.70. The molecule has 0 radical (unpaired) electrons. The van der Waals surface area contributed by atoms with E-state index in [1.165, 1.54) is 25.0 Å². The van der Waals surface area contributed by atoms with E-state index in [1.54, 1.807) is 0 Å². The molecule has 0 aliphatic rings. The molecular formula is C17H22Cl2N2S2. The lowest BCUT2D eigenvalue weighted by Gasteiger charge is -2.18. The summed E-state index contributed by atoms with van der Waals surface area (Å²) in [5.74, 6) is 2.33. The Morgan fingerprint density at radius 3 is 2.83 bits per heavy atom. The Bertz CT molecular complexity index is 576. The molecule has 0 fully saturated rings. The maximum absolute atomic E-state index is 6.33. The van der Waals surface area contributed by atoms with Crippen molar-refractivity contribution in [2.75, 3.05) is 11.5 Å². The van der Waals surface area contributed by atoms with Gasteiger partial charge >= 0.3 is 0 Å². The maximum atomic E-state index is 6.33. The van der Waals surface area contributed by atoms with Crippen LogP contribution in [0.25, 0.3) is 0 Å². The van der Waals surface area contributed by atoms with Gasteiger partial charge in [0.1, 0.15) is 0 Å². The summed E-state index contributed by atoms with van der Waals surface area (Å²) in [6, 6.07) is 5.73. The van der Waals surface area contributed by atoms with Gasteiger partial charge in [-0.2, -0.15) is 11.8 Å². The van der Waals surface area contributed by atoms with Crippen LogP contribution in [0.1, 0.15) is 26.2 Å². The van der Waals surface area contributed by atoms with Gasteiger partial charge in [0.2, 0.25) is 0 Å². The SMILES string of the molecule is CCCCCSCC(Cn1ccnc1)Sc1ccc(Cl)cc1Cl. The summed E-state index contributed by atoms with van der Waals surface area (Å²) in [7, 11) is 0. The Labute approximate surface area is 157 Å². The number of halogens is 2. The number of unbranched alkanes of at least 4 members (excludes halogenated alkanes) is 2. The summed E-state index contributed by atoms with van der Waals surface area (Å²) < 4.78 is 2.13. The van der Waals surface area contributed by atoms with Gasteiger partial charge in [-0.05, 0) is 30.4 Å². The molecule has 0 saturated heterocycles. The molecule has 0 saturated carbocycles. The van der Waals surface area contributed by atoms with Crippen molar-refractivity contribution in [2.24, 2.45) is 0 Å². The van der Waals surface area contributed by atoms with Crippen molar-refractivity contribution >= 4 is 46.7 Å². The van der Waals surface area contributed by atoms with Crippen LogP contribution in [0.3, 0.4) is 0 Å². The summed E-state index contributed by atoms with van der Waals surface area (Å²) >= 11 is 16.2. The van der Waals surface area contributed by atoms with Crippen molar-refractivity contribution < 1.29 is 0 Å². The third kappa shape index (κ3) is 7.00. The van der Waals surface area contributed by atoms with Crippen molar-refractivity contribution in [3.8, 4) is 0 Å². The molecule has 2 rings (SSSR count). The molecular weight excluding hydrogens is 367 g/mol. The quantitative estimate of drug-likeness (QED) is 0.352. The smallest absolute Gasteiger partial charge is 0.0946 e. The van der Waals surface area contributed by atoms with Gasteiger partial charge in [-0.3, -0.25) is 0 Å². The van der Waals surface area contributed by atoms with Crippen LogP contribution < -0.4 is 0 Å². The Morgan fingerprint density at radius 2 is 2.13 bits per heavy atom. The lowest BCUT2D eigenvalue weighted by molar-refractivity contribution is 0.695. The van der Waals surface area contributed by atoms with Crippen molar-refractivity contribution in [3.63, 3.8) is 0 Å². The molecule has 0 bridgehead atoms. The predicted molar refractivity (Wildman–Crippen MR) is 105 cm³/mol. The number of hydrogen-bond donors (Lipinski definition) is 0. The van der Waals surface area contributed by atoms with Gasteiger partial charge in [0.05, 0.1) is 11.3 Å². The fourth-order valence-electron chi connectivity index (χ4n) is 2.17. The Morgan fingerprint density at radius 1 is 1.26 bits per heavy atom. The lowest BCUT2D eigenvalue weighted by Crippen LogP contribution is -2.15. The van der Waals surface area contributed by atoms with Crippen LogP contribution in [-0.4, -0.2) is 26.3 Å². The van der Waals surface area contributed by atoms with Gasteiger partial charge in [-0.1, -0.05) is 43.0 Å².